The lowest BCUT2D eigenvalue weighted by atomic mass is 9.89. The molecule has 27 heavy (non-hydrogen) atoms. The minimum absolute atomic E-state index is 0.243. The summed E-state index contributed by atoms with van der Waals surface area (Å²) in [5, 5.41) is 3.51. The number of benzene rings is 2. The van der Waals surface area contributed by atoms with E-state index in [1.165, 1.54) is 21.3 Å². The number of carbonyl (C=O) groups excluding carboxylic acids is 1. The molecule has 1 heterocycles. The van der Waals surface area contributed by atoms with E-state index in [4.69, 9.17) is 18.9 Å². The molecule has 144 valence electrons. The van der Waals surface area contributed by atoms with E-state index in [2.05, 4.69) is 17.4 Å². The summed E-state index contributed by atoms with van der Waals surface area (Å²) >= 11 is 0. The Hall–Kier alpha value is -2.73. The van der Waals surface area contributed by atoms with Gasteiger partial charge in [0.2, 0.25) is 0 Å². The van der Waals surface area contributed by atoms with E-state index in [9.17, 15) is 4.79 Å². The molecule has 1 atom stereocenters. The molecule has 1 aliphatic heterocycles. The second-order valence-corrected chi connectivity index (χ2v) is 6.46. The zero-order valence-electron chi connectivity index (χ0n) is 15.9. The van der Waals surface area contributed by atoms with Crippen molar-refractivity contribution in [2.24, 2.45) is 0 Å². The van der Waals surface area contributed by atoms with Gasteiger partial charge in [0, 0.05) is 12.1 Å². The predicted octanol–water partition coefficient (Wildman–Crippen LogP) is 3.15. The van der Waals surface area contributed by atoms with E-state index in [0.717, 1.165) is 24.9 Å². The number of carbonyl (C=O) groups is 1. The summed E-state index contributed by atoms with van der Waals surface area (Å²) < 4.78 is 21.6. The standard InChI is InChI=1S/C21H25NO5/c1-24-17-13-19(26-3)18(25-2)12-16(17)20(23)27-14-21(10-7-11-22-21)15-8-5-4-6-9-15/h4-6,8-9,12-13,22H,7,10-11,14H2,1-3H3. The van der Waals surface area contributed by atoms with E-state index in [-0.39, 0.29) is 12.1 Å². The smallest absolute Gasteiger partial charge is 0.342 e. The third-order valence-electron chi connectivity index (χ3n) is 4.95. The average molecular weight is 371 g/mol. The highest BCUT2D eigenvalue weighted by molar-refractivity contribution is 5.93. The number of hydrogen-bond acceptors (Lipinski definition) is 6. The quantitative estimate of drug-likeness (QED) is 0.755. The molecule has 1 N–H and O–H groups in total. The Labute approximate surface area is 159 Å². The third-order valence-corrected chi connectivity index (χ3v) is 4.95. The van der Waals surface area contributed by atoms with Gasteiger partial charge in [-0.25, -0.2) is 4.79 Å². The minimum atomic E-state index is -0.461. The number of methoxy groups -OCH3 is 3. The Morgan fingerprint density at radius 1 is 1.00 bits per heavy atom. The van der Waals surface area contributed by atoms with Crippen molar-refractivity contribution < 1.29 is 23.7 Å². The first-order valence-corrected chi connectivity index (χ1v) is 8.91. The highest BCUT2D eigenvalue weighted by Gasteiger charge is 2.37. The first-order chi connectivity index (χ1) is 13.1. The van der Waals surface area contributed by atoms with Crippen molar-refractivity contribution >= 4 is 5.97 Å². The summed E-state index contributed by atoms with van der Waals surface area (Å²) in [6.07, 6.45) is 1.94. The number of nitrogens with one attached hydrogen (secondary N) is 1. The highest BCUT2D eigenvalue weighted by atomic mass is 16.5. The van der Waals surface area contributed by atoms with Crippen LogP contribution in [0.2, 0.25) is 0 Å². The molecule has 0 bridgehead atoms. The van der Waals surface area contributed by atoms with E-state index >= 15 is 0 Å². The first kappa shape index (κ1) is 19.0. The molecule has 1 fully saturated rings. The van der Waals surface area contributed by atoms with Crippen LogP contribution in [-0.2, 0) is 10.3 Å². The molecule has 0 amide bonds. The molecule has 0 aromatic heterocycles. The van der Waals surface area contributed by atoms with Crippen LogP contribution in [0.3, 0.4) is 0 Å². The molecule has 0 saturated carbocycles. The molecule has 2 aromatic carbocycles. The summed E-state index contributed by atoms with van der Waals surface area (Å²) in [5.41, 5.74) is 1.06. The normalized spacial score (nSPS) is 18.8. The van der Waals surface area contributed by atoms with Crippen molar-refractivity contribution in [1.82, 2.24) is 5.32 Å². The molecule has 0 radical (unpaired) electrons. The lowest BCUT2D eigenvalue weighted by Gasteiger charge is -2.29. The Balaban J connectivity index is 1.83. The van der Waals surface area contributed by atoms with E-state index in [0.29, 0.717) is 22.8 Å². The lowest BCUT2D eigenvalue weighted by Crippen LogP contribution is -2.42. The van der Waals surface area contributed by atoms with Crippen molar-refractivity contribution in [3.8, 4) is 17.2 Å². The molecule has 3 rings (SSSR count). The summed E-state index contributed by atoms with van der Waals surface area (Å²) in [4.78, 5) is 12.8. The fraction of sp³-hybridized carbons (Fsp3) is 0.381. The van der Waals surface area contributed by atoms with Gasteiger partial charge in [-0.3, -0.25) is 0 Å². The van der Waals surface area contributed by atoms with Gasteiger partial charge in [-0.05, 0) is 24.9 Å². The SMILES string of the molecule is COc1cc(OC)c(C(=O)OCC2(c3ccccc3)CCCN2)cc1OC. The molecule has 1 aliphatic rings. The molecule has 1 unspecified atom stereocenters. The van der Waals surface area contributed by atoms with Gasteiger partial charge in [-0.1, -0.05) is 30.3 Å². The molecule has 0 aliphatic carbocycles. The summed E-state index contributed by atoms with van der Waals surface area (Å²) in [6, 6.07) is 13.3. The van der Waals surface area contributed by atoms with Crippen molar-refractivity contribution in [3.63, 3.8) is 0 Å². The zero-order valence-corrected chi connectivity index (χ0v) is 15.9. The van der Waals surface area contributed by atoms with Gasteiger partial charge in [0.15, 0.2) is 11.5 Å². The molecule has 0 spiro atoms. The van der Waals surface area contributed by atoms with Crippen molar-refractivity contribution in [2.45, 2.75) is 18.4 Å². The number of ether oxygens (including phenoxy) is 4. The van der Waals surface area contributed by atoms with Gasteiger partial charge in [0.05, 0.1) is 26.9 Å². The van der Waals surface area contributed by atoms with Gasteiger partial charge in [-0.2, -0.15) is 0 Å². The monoisotopic (exact) mass is 371 g/mol. The maximum atomic E-state index is 12.8. The summed E-state index contributed by atoms with van der Waals surface area (Å²) in [5.74, 6) is 0.855. The topological polar surface area (TPSA) is 66.0 Å². The molecule has 2 aromatic rings. The van der Waals surface area contributed by atoms with Crippen LogP contribution in [0.4, 0.5) is 0 Å². The van der Waals surface area contributed by atoms with Gasteiger partial charge in [-0.15, -0.1) is 0 Å². The highest BCUT2D eigenvalue weighted by Crippen LogP contribution is 2.36. The average Bonchev–Trinajstić information content (AvgIpc) is 3.21. The molecular formula is C21H25NO5. The largest absolute Gasteiger partial charge is 0.496 e. The summed E-state index contributed by atoms with van der Waals surface area (Å²) in [6.45, 7) is 1.14. The second-order valence-electron chi connectivity index (χ2n) is 6.46. The fourth-order valence-corrected chi connectivity index (χ4v) is 3.47. The Morgan fingerprint density at radius 3 is 2.26 bits per heavy atom. The fourth-order valence-electron chi connectivity index (χ4n) is 3.47. The number of hydrogen-bond donors (Lipinski definition) is 1. The van der Waals surface area contributed by atoms with Crippen LogP contribution in [0.15, 0.2) is 42.5 Å². The van der Waals surface area contributed by atoms with Gasteiger partial charge < -0.3 is 24.3 Å². The van der Waals surface area contributed by atoms with E-state index in [1.54, 1.807) is 12.1 Å². The van der Waals surface area contributed by atoms with Crippen LogP contribution < -0.4 is 19.5 Å². The molecule has 1 saturated heterocycles. The first-order valence-electron chi connectivity index (χ1n) is 8.91. The van der Waals surface area contributed by atoms with Crippen LogP contribution in [-0.4, -0.2) is 40.5 Å². The van der Waals surface area contributed by atoms with E-state index < -0.39 is 5.97 Å². The van der Waals surface area contributed by atoms with Crippen LogP contribution in [0.1, 0.15) is 28.8 Å². The summed E-state index contributed by atoms with van der Waals surface area (Å²) in [7, 11) is 4.55. The molecule has 6 nitrogen and oxygen atoms in total. The zero-order chi connectivity index (χ0) is 19.3. The lowest BCUT2D eigenvalue weighted by molar-refractivity contribution is 0.0376. The Kier molecular flexibility index (Phi) is 5.86. The number of rotatable bonds is 7. The molecule has 6 heteroatoms. The maximum absolute atomic E-state index is 12.8. The van der Waals surface area contributed by atoms with Crippen LogP contribution in [0.25, 0.3) is 0 Å². The minimum Gasteiger partial charge on any atom is -0.496 e. The van der Waals surface area contributed by atoms with Gasteiger partial charge >= 0.3 is 5.97 Å². The Bertz CT molecular complexity index is 785. The second kappa shape index (κ2) is 8.31. The third kappa shape index (κ3) is 3.85. The number of esters is 1. The van der Waals surface area contributed by atoms with E-state index in [1.807, 2.05) is 18.2 Å². The van der Waals surface area contributed by atoms with Crippen LogP contribution >= 0.6 is 0 Å². The predicted molar refractivity (Wildman–Crippen MR) is 102 cm³/mol. The van der Waals surface area contributed by atoms with Gasteiger partial charge in [0.1, 0.15) is 17.9 Å². The van der Waals surface area contributed by atoms with Crippen molar-refractivity contribution in [2.75, 3.05) is 34.5 Å². The van der Waals surface area contributed by atoms with Crippen molar-refractivity contribution in [3.05, 3.63) is 53.6 Å². The maximum Gasteiger partial charge on any atom is 0.342 e. The van der Waals surface area contributed by atoms with Crippen LogP contribution in [0.5, 0.6) is 17.2 Å². The molecular weight excluding hydrogens is 346 g/mol. The Morgan fingerprint density at radius 2 is 1.67 bits per heavy atom. The van der Waals surface area contributed by atoms with Crippen LogP contribution in [0, 0.1) is 0 Å². The van der Waals surface area contributed by atoms with Crippen molar-refractivity contribution in [1.29, 1.82) is 0 Å². The van der Waals surface area contributed by atoms with Gasteiger partial charge in [0.25, 0.3) is 0 Å².